The summed E-state index contributed by atoms with van der Waals surface area (Å²) in [5, 5.41) is 13.0. The summed E-state index contributed by atoms with van der Waals surface area (Å²) in [6, 6.07) is 10.5. The van der Waals surface area contributed by atoms with Gasteiger partial charge in [-0.05, 0) is 43.3 Å². The number of anilines is 1. The zero-order valence-electron chi connectivity index (χ0n) is 14.5. The van der Waals surface area contributed by atoms with Crippen LogP contribution in [0.3, 0.4) is 0 Å². The van der Waals surface area contributed by atoms with Crippen molar-refractivity contribution in [2.24, 2.45) is 10.2 Å². The number of carbonyl (C=O) groups excluding carboxylic acids is 2. The third-order valence-corrected chi connectivity index (χ3v) is 4.55. The molecule has 9 heteroatoms. The fourth-order valence-corrected chi connectivity index (χ4v) is 3.20. The van der Waals surface area contributed by atoms with Crippen LogP contribution in [0.25, 0.3) is 0 Å². The number of amidine groups is 1. The van der Waals surface area contributed by atoms with Gasteiger partial charge in [-0.2, -0.15) is 5.10 Å². The molecule has 1 aliphatic heterocycles. The molecule has 0 aliphatic carbocycles. The quantitative estimate of drug-likeness (QED) is 0.562. The Balaban J connectivity index is 1.51. The van der Waals surface area contributed by atoms with Gasteiger partial charge >= 0.3 is 0 Å². The first-order chi connectivity index (χ1) is 13.1. The molecule has 0 saturated carbocycles. The molecule has 2 aromatic rings. The van der Waals surface area contributed by atoms with Gasteiger partial charge in [0, 0.05) is 12.1 Å². The van der Waals surface area contributed by atoms with E-state index in [1.54, 1.807) is 36.4 Å². The molecule has 1 aromatic carbocycles. The standard InChI is InChI=1S/C18H18N4O4S/c1-2-25-13-7-5-12(6-8-13)20-16(23)10-15-17(24)21-18(27-15)22-19-11-14-4-3-9-26-14/h3-9,11,15H,2,10H2,1H3,(H,20,23)(H,21,22,24)/b19-11-. The molecule has 1 unspecified atom stereocenters. The Hall–Kier alpha value is -3.07. The summed E-state index contributed by atoms with van der Waals surface area (Å²) in [5.41, 5.74) is 0.642. The van der Waals surface area contributed by atoms with Gasteiger partial charge in [-0.3, -0.25) is 9.59 Å². The van der Waals surface area contributed by atoms with Crippen molar-refractivity contribution in [1.29, 1.82) is 0 Å². The number of hydrogen-bond donors (Lipinski definition) is 2. The van der Waals surface area contributed by atoms with Gasteiger partial charge in [0.15, 0.2) is 5.17 Å². The molecule has 3 rings (SSSR count). The number of amides is 2. The highest BCUT2D eigenvalue weighted by molar-refractivity contribution is 8.15. The Morgan fingerprint density at radius 2 is 2.19 bits per heavy atom. The number of furan rings is 1. The molecule has 8 nitrogen and oxygen atoms in total. The lowest BCUT2D eigenvalue weighted by atomic mass is 10.2. The lowest BCUT2D eigenvalue weighted by Crippen LogP contribution is -2.28. The Bertz CT molecular complexity index is 847. The highest BCUT2D eigenvalue weighted by Crippen LogP contribution is 2.23. The predicted molar refractivity (Wildman–Crippen MR) is 104 cm³/mol. The second-order valence-corrected chi connectivity index (χ2v) is 6.66. The number of benzene rings is 1. The predicted octanol–water partition coefficient (Wildman–Crippen LogP) is 2.63. The summed E-state index contributed by atoms with van der Waals surface area (Å²) in [4.78, 5) is 24.2. The van der Waals surface area contributed by atoms with Crippen LogP contribution >= 0.6 is 11.8 Å². The maximum atomic E-state index is 12.2. The van der Waals surface area contributed by atoms with Crippen LogP contribution in [-0.4, -0.2) is 35.1 Å². The zero-order chi connectivity index (χ0) is 19.1. The average Bonchev–Trinajstić information content (AvgIpc) is 3.27. The Morgan fingerprint density at radius 1 is 1.37 bits per heavy atom. The third-order valence-electron chi connectivity index (χ3n) is 3.47. The monoisotopic (exact) mass is 386 g/mol. The molecule has 140 valence electrons. The Kier molecular flexibility index (Phi) is 6.26. The molecule has 1 atom stereocenters. The first kappa shape index (κ1) is 18.7. The normalized spacial score (nSPS) is 18.0. The number of rotatable bonds is 7. The van der Waals surface area contributed by atoms with Crippen LogP contribution in [-0.2, 0) is 9.59 Å². The van der Waals surface area contributed by atoms with Crippen molar-refractivity contribution in [2.45, 2.75) is 18.6 Å². The van der Waals surface area contributed by atoms with E-state index in [1.807, 2.05) is 6.92 Å². The van der Waals surface area contributed by atoms with Gasteiger partial charge in [0.1, 0.15) is 16.8 Å². The van der Waals surface area contributed by atoms with Crippen molar-refractivity contribution in [3.05, 3.63) is 48.4 Å². The highest BCUT2D eigenvalue weighted by Gasteiger charge is 2.32. The first-order valence-electron chi connectivity index (χ1n) is 8.29. The minimum atomic E-state index is -0.551. The van der Waals surface area contributed by atoms with Crippen molar-refractivity contribution >= 4 is 40.6 Å². The highest BCUT2D eigenvalue weighted by atomic mass is 32.2. The van der Waals surface area contributed by atoms with Crippen LogP contribution in [0.15, 0.2) is 57.3 Å². The van der Waals surface area contributed by atoms with E-state index in [0.29, 0.717) is 23.2 Å². The summed E-state index contributed by atoms with van der Waals surface area (Å²) in [5.74, 6) is 0.762. The van der Waals surface area contributed by atoms with Crippen LogP contribution in [0, 0.1) is 0 Å². The third kappa shape index (κ3) is 5.45. The van der Waals surface area contributed by atoms with E-state index in [1.165, 1.54) is 24.2 Å². The molecule has 0 bridgehead atoms. The van der Waals surface area contributed by atoms with Crippen LogP contribution in [0.2, 0.25) is 0 Å². The average molecular weight is 386 g/mol. The maximum absolute atomic E-state index is 12.2. The smallest absolute Gasteiger partial charge is 0.240 e. The van der Waals surface area contributed by atoms with Crippen LogP contribution < -0.4 is 15.4 Å². The second-order valence-electron chi connectivity index (χ2n) is 5.47. The topological polar surface area (TPSA) is 105 Å². The lowest BCUT2D eigenvalue weighted by Gasteiger charge is -2.08. The van der Waals surface area contributed by atoms with Gasteiger partial charge in [0.05, 0.1) is 19.1 Å². The molecular weight excluding hydrogens is 368 g/mol. The van der Waals surface area contributed by atoms with Crippen LogP contribution in [0.4, 0.5) is 5.69 Å². The van der Waals surface area contributed by atoms with Crippen molar-refractivity contribution in [3.63, 3.8) is 0 Å². The van der Waals surface area contributed by atoms with Crippen molar-refractivity contribution in [2.75, 3.05) is 11.9 Å². The zero-order valence-corrected chi connectivity index (χ0v) is 15.4. The number of hydrogen-bond acceptors (Lipinski definition) is 7. The van der Waals surface area contributed by atoms with E-state index in [9.17, 15) is 9.59 Å². The number of carbonyl (C=O) groups is 2. The van der Waals surface area contributed by atoms with Crippen molar-refractivity contribution < 1.29 is 18.7 Å². The van der Waals surface area contributed by atoms with Gasteiger partial charge in [-0.1, -0.05) is 11.8 Å². The number of ether oxygens (including phenoxy) is 1. The molecule has 0 radical (unpaired) electrons. The fraction of sp³-hybridized carbons (Fsp3) is 0.222. The van der Waals surface area contributed by atoms with Crippen LogP contribution in [0.5, 0.6) is 5.75 Å². The maximum Gasteiger partial charge on any atom is 0.240 e. The summed E-state index contributed by atoms with van der Waals surface area (Å²) >= 11 is 1.17. The van der Waals surface area contributed by atoms with E-state index in [-0.39, 0.29) is 18.2 Å². The van der Waals surface area contributed by atoms with Crippen molar-refractivity contribution in [3.8, 4) is 5.75 Å². The second kappa shape index (κ2) is 9.04. The molecular formula is C18H18N4O4S. The summed E-state index contributed by atoms with van der Waals surface area (Å²) in [7, 11) is 0. The molecule has 2 heterocycles. The molecule has 2 amide bonds. The van der Waals surface area contributed by atoms with Gasteiger partial charge in [0.2, 0.25) is 11.8 Å². The number of nitrogens with one attached hydrogen (secondary N) is 2. The summed E-state index contributed by atoms with van der Waals surface area (Å²) in [6.45, 7) is 2.48. The van der Waals surface area contributed by atoms with E-state index in [2.05, 4.69) is 20.8 Å². The molecule has 1 fully saturated rings. The van der Waals surface area contributed by atoms with E-state index < -0.39 is 5.25 Å². The molecule has 1 aromatic heterocycles. The minimum Gasteiger partial charge on any atom is -0.494 e. The first-order valence-corrected chi connectivity index (χ1v) is 9.17. The van der Waals surface area contributed by atoms with Crippen molar-refractivity contribution in [1.82, 2.24) is 5.32 Å². The fourth-order valence-electron chi connectivity index (χ4n) is 2.27. The summed E-state index contributed by atoms with van der Waals surface area (Å²) in [6.07, 6.45) is 3.00. The molecule has 27 heavy (non-hydrogen) atoms. The van der Waals surface area contributed by atoms with Gasteiger partial charge in [-0.25, -0.2) is 0 Å². The SMILES string of the molecule is CCOc1ccc(NC(=O)CC2S/C(=N/N=C\c3ccco3)NC2=O)cc1. The lowest BCUT2D eigenvalue weighted by molar-refractivity contribution is -0.122. The Labute approximate surface area is 160 Å². The van der Waals surface area contributed by atoms with E-state index in [0.717, 1.165) is 5.75 Å². The van der Waals surface area contributed by atoms with Crippen LogP contribution in [0.1, 0.15) is 19.1 Å². The molecule has 0 spiro atoms. The number of nitrogens with zero attached hydrogens (tertiary/aromatic N) is 2. The van der Waals surface area contributed by atoms with Gasteiger partial charge in [0.25, 0.3) is 0 Å². The van der Waals surface area contributed by atoms with Gasteiger partial charge in [-0.15, -0.1) is 5.10 Å². The summed E-state index contributed by atoms with van der Waals surface area (Å²) < 4.78 is 10.5. The molecule has 2 N–H and O–H groups in total. The van der Waals surface area contributed by atoms with E-state index in [4.69, 9.17) is 9.15 Å². The van der Waals surface area contributed by atoms with E-state index >= 15 is 0 Å². The molecule has 1 aliphatic rings. The molecule has 1 saturated heterocycles. The Morgan fingerprint density at radius 3 is 2.89 bits per heavy atom. The minimum absolute atomic E-state index is 0.0324. The largest absolute Gasteiger partial charge is 0.494 e. The number of thioether (sulfide) groups is 1. The van der Waals surface area contributed by atoms with Gasteiger partial charge < -0.3 is 19.8 Å².